The van der Waals surface area contributed by atoms with Gasteiger partial charge in [0.25, 0.3) is 5.91 Å². The predicted molar refractivity (Wildman–Crippen MR) is 112 cm³/mol. The molecule has 0 bridgehead atoms. The molecule has 1 aromatic heterocycles. The van der Waals surface area contributed by atoms with Crippen molar-refractivity contribution in [1.29, 1.82) is 0 Å². The number of ketones is 1. The Morgan fingerprint density at radius 3 is 2.60 bits per heavy atom. The number of Topliss-reactive ketones (excluding diaryl/α,β-unsaturated/α-hetero) is 1. The summed E-state index contributed by atoms with van der Waals surface area (Å²) in [5.74, 6) is -0.698. The summed E-state index contributed by atoms with van der Waals surface area (Å²) in [6.07, 6.45) is 1.22. The van der Waals surface area contributed by atoms with E-state index in [2.05, 4.69) is 10.3 Å². The lowest BCUT2D eigenvalue weighted by atomic mass is 10.0. The predicted octanol–water partition coefficient (Wildman–Crippen LogP) is 3.04. The van der Waals surface area contributed by atoms with E-state index in [1.807, 2.05) is 30.5 Å². The molecule has 2 N–H and O–H groups in total. The second-order valence-electron chi connectivity index (χ2n) is 6.99. The van der Waals surface area contributed by atoms with Gasteiger partial charge in [0.15, 0.2) is 11.9 Å². The fourth-order valence-electron chi connectivity index (χ4n) is 3.19. The minimum Gasteiger partial charge on any atom is -0.481 e. The van der Waals surface area contributed by atoms with Crippen LogP contribution in [0.1, 0.15) is 29.8 Å². The number of amides is 1. The number of carbonyl (C=O) groups excluding carboxylic acids is 3. The number of aromatic amines is 1. The summed E-state index contributed by atoms with van der Waals surface area (Å²) >= 11 is 0. The van der Waals surface area contributed by atoms with Crippen LogP contribution in [0.2, 0.25) is 0 Å². The second kappa shape index (κ2) is 9.26. The molecule has 156 valence electrons. The molecular weight excluding hydrogens is 384 g/mol. The van der Waals surface area contributed by atoms with Crippen LogP contribution in [0.25, 0.3) is 10.9 Å². The van der Waals surface area contributed by atoms with Crippen LogP contribution < -0.4 is 10.1 Å². The van der Waals surface area contributed by atoms with Gasteiger partial charge in [-0.3, -0.25) is 9.59 Å². The van der Waals surface area contributed by atoms with Crippen LogP contribution in [0.3, 0.4) is 0 Å². The zero-order valence-corrected chi connectivity index (χ0v) is 17.1. The lowest BCUT2D eigenvalue weighted by Gasteiger charge is -2.20. The van der Waals surface area contributed by atoms with Crippen molar-refractivity contribution in [2.75, 3.05) is 7.11 Å². The standard InChI is InChI=1S/C23H24N2O5/c1-14(26)16-7-6-8-18(11-16)30-15(2)22(27)25-21(23(28)29-3)12-17-13-24-20-10-5-4-9-19(17)20/h4-11,13,15,21,24H,12H2,1-3H3,(H,25,27)/t15?,21-/m1/s1. The van der Waals surface area contributed by atoms with E-state index in [1.54, 1.807) is 31.2 Å². The first kappa shape index (κ1) is 21.1. The molecule has 0 aliphatic heterocycles. The van der Waals surface area contributed by atoms with Crippen LogP contribution >= 0.6 is 0 Å². The van der Waals surface area contributed by atoms with Gasteiger partial charge in [0.2, 0.25) is 0 Å². The van der Waals surface area contributed by atoms with Gasteiger partial charge in [-0.15, -0.1) is 0 Å². The molecule has 0 aliphatic carbocycles. The van der Waals surface area contributed by atoms with Gasteiger partial charge in [-0.2, -0.15) is 0 Å². The van der Waals surface area contributed by atoms with Crippen LogP contribution in [-0.2, 0) is 20.7 Å². The quantitative estimate of drug-likeness (QED) is 0.441. The maximum absolute atomic E-state index is 12.7. The molecule has 30 heavy (non-hydrogen) atoms. The molecule has 2 atom stereocenters. The Labute approximate surface area is 174 Å². The van der Waals surface area contributed by atoms with E-state index >= 15 is 0 Å². The molecule has 2 aromatic carbocycles. The van der Waals surface area contributed by atoms with Crippen molar-refractivity contribution in [2.24, 2.45) is 0 Å². The molecule has 1 heterocycles. The second-order valence-corrected chi connectivity index (χ2v) is 6.99. The van der Waals surface area contributed by atoms with Crippen LogP contribution in [0.4, 0.5) is 0 Å². The number of ether oxygens (including phenoxy) is 2. The average molecular weight is 408 g/mol. The summed E-state index contributed by atoms with van der Waals surface area (Å²) in [4.78, 5) is 39.6. The summed E-state index contributed by atoms with van der Waals surface area (Å²) in [6.45, 7) is 3.04. The van der Waals surface area contributed by atoms with Gasteiger partial charge in [-0.25, -0.2) is 4.79 Å². The van der Waals surface area contributed by atoms with Gasteiger partial charge >= 0.3 is 5.97 Å². The van der Waals surface area contributed by atoms with E-state index < -0.39 is 24.0 Å². The van der Waals surface area contributed by atoms with Crippen molar-refractivity contribution in [3.63, 3.8) is 0 Å². The van der Waals surface area contributed by atoms with E-state index in [9.17, 15) is 14.4 Å². The van der Waals surface area contributed by atoms with Crippen molar-refractivity contribution < 1.29 is 23.9 Å². The maximum Gasteiger partial charge on any atom is 0.328 e. The molecule has 7 nitrogen and oxygen atoms in total. The molecule has 3 aromatic rings. The smallest absolute Gasteiger partial charge is 0.328 e. The lowest BCUT2D eigenvalue weighted by molar-refractivity contribution is -0.145. The lowest BCUT2D eigenvalue weighted by Crippen LogP contribution is -2.47. The number of benzene rings is 2. The largest absolute Gasteiger partial charge is 0.481 e. The van der Waals surface area contributed by atoms with Crippen molar-refractivity contribution in [3.05, 3.63) is 65.9 Å². The first-order chi connectivity index (χ1) is 14.4. The Morgan fingerprint density at radius 2 is 1.87 bits per heavy atom. The highest BCUT2D eigenvalue weighted by Crippen LogP contribution is 2.20. The molecule has 1 amide bonds. The van der Waals surface area contributed by atoms with Crippen molar-refractivity contribution in [3.8, 4) is 5.75 Å². The number of carbonyl (C=O) groups is 3. The van der Waals surface area contributed by atoms with Crippen molar-refractivity contribution in [2.45, 2.75) is 32.4 Å². The van der Waals surface area contributed by atoms with Crippen LogP contribution in [0.15, 0.2) is 54.7 Å². The number of fused-ring (bicyclic) bond motifs is 1. The number of methoxy groups -OCH3 is 1. The third kappa shape index (κ3) is 4.86. The summed E-state index contributed by atoms with van der Waals surface area (Å²) in [6, 6.07) is 13.5. The van der Waals surface area contributed by atoms with E-state index in [1.165, 1.54) is 14.0 Å². The van der Waals surface area contributed by atoms with Gasteiger partial charge < -0.3 is 19.8 Å². The Hall–Kier alpha value is -3.61. The summed E-state index contributed by atoms with van der Waals surface area (Å²) in [5, 5.41) is 3.69. The first-order valence-electron chi connectivity index (χ1n) is 9.60. The van der Waals surface area contributed by atoms with Crippen LogP contribution in [-0.4, -0.2) is 41.9 Å². The fourth-order valence-corrected chi connectivity index (χ4v) is 3.19. The average Bonchev–Trinajstić information content (AvgIpc) is 3.15. The molecule has 7 heteroatoms. The fraction of sp³-hybridized carbons (Fsp3) is 0.261. The minimum atomic E-state index is -0.873. The van der Waals surface area contributed by atoms with E-state index in [0.717, 1.165) is 16.5 Å². The first-order valence-corrected chi connectivity index (χ1v) is 9.60. The minimum absolute atomic E-state index is 0.0953. The molecule has 0 aliphatic rings. The molecule has 0 saturated heterocycles. The number of H-pyrrole nitrogens is 1. The van der Waals surface area contributed by atoms with Gasteiger partial charge in [-0.1, -0.05) is 30.3 Å². The Morgan fingerprint density at radius 1 is 1.10 bits per heavy atom. The molecule has 0 radical (unpaired) electrons. The molecular formula is C23H24N2O5. The van der Waals surface area contributed by atoms with E-state index in [4.69, 9.17) is 9.47 Å². The highest BCUT2D eigenvalue weighted by atomic mass is 16.5. The number of esters is 1. The number of para-hydroxylation sites is 1. The number of hydrogen-bond donors (Lipinski definition) is 2. The maximum atomic E-state index is 12.7. The van der Waals surface area contributed by atoms with Crippen molar-refractivity contribution >= 4 is 28.6 Å². The Balaban J connectivity index is 1.71. The monoisotopic (exact) mass is 408 g/mol. The summed E-state index contributed by atoms with van der Waals surface area (Å²) in [5.41, 5.74) is 2.33. The summed E-state index contributed by atoms with van der Waals surface area (Å²) < 4.78 is 10.5. The topological polar surface area (TPSA) is 97.5 Å². The molecule has 3 rings (SSSR count). The third-order valence-electron chi connectivity index (χ3n) is 4.82. The van der Waals surface area contributed by atoms with Gasteiger partial charge in [0, 0.05) is 29.1 Å². The van der Waals surface area contributed by atoms with E-state index in [-0.39, 0.29) is 12.2 Å². The van der Waals surface area contributed by atoms with Crippen LogP contribution in [0, 0.1) is 0 Å². The zero-order chi connectivity index (χ0) is 21.7. The Kier molecular flexibility index (Phi) is 6.51. The Bertz CT molecular complexity index is 1070. The van der Waals surface area contributed by atoms with Gasteiger partial charge in [-0.05, 0) is 37.6 Å². The molecule has 0 saturated carbocycles. The van der Waals surface area contributed by atoms with Crippen molar-refractivity contribution in [1.82, 2.24) is 10.3 Å². The number of hydrogen-bond acceptors (Lipinski definition) is 5. The van der Waals surface area contributed by atoms with Crippen LogP contribution in [0.5, 0.6) is 5.75 Å². The summed E-state index contributed by atoms with van der Waals surface area (Å²) in [7, 11) is 1.28. The molecule has 0 fully saturated rings. The highest BCUT2D eigenvalue weighted by Gasteiger charge is 2.26. The molecule has 0 spiro atoms. The highest BCUT2D eigenvalue weighted by molar-refractivity contribution is 5.94. The third-order valence-corrected chi connectivity index (χ3v) is 4.82. The molecule has 1 unspecified atom stereocenters. The normalized spacial score (nSPS) is 12.8. The van der Waals surface area contributed by atoms with E-state index in [0.29, 0.717) is 11.3 Å². The number of rotatable bonds is 8. The SMILES string of the molecule is COC(=O)[C@@H](Cc1c[nH]c2ccccc12)NC(=O)C(C)Oc1cccc(C(C)=O)c1. The number of nitrogens with one attached hydrogen (secondary N) is 2. The van der Waals surface area contributed by atoms with Gasteiger partial charge in [0.1, 0.15) is 11.8 Å². The zero-order valence-electron chi connectivity index (χ0n) is 17.1. The van der Waals surface area contributed by atoms with Gasteiger partial charge in [0.05, 0.1) is 7.11 Å². The number of aromatic nitrogens is 1.